The fourth-order valence-corrected chi connectivity index (χ4v) is 2.15. The van der Waals surface area contributed by atoms with Gasteiger partial charge in [0.25, 0.3) is 11.5 Å². The number of likely N-dealkylation sites (N-methyl/N-ethyl adjacent to an activating group) is 1. The Morgan fingerprint density at radius 1 is 1.30 bits per heavy atom. The number of nitrogens with one attached hydrogen (secondary N) is 2. The Hall–Kier alpha value is -1.61. The summed E-state index contributed by atoms with van der Waals surface area (Å²) in [5.41, 5.74) is -0.316. The van der Waals surface area contributed by atoms with Crippen molar-refractivity contribution in [3.63, 3.8) is 0 Å². The summed E-state index contributed by atoms with van der Waals surface area (Å²) in [4.78, 5) is 26.9. The van der Waals surface area contributed by atoms with Crippen LogP contribution in [0, 0.1) is 0 Å². The minimum Gasteiger partial charge on any atom is -1.00 e. The zero-order valence-corrected chi connectivity index (χ0v) is 15.7. The van der Waals surface area contributed by atoms with Crippen molar-refractivity contribution in [3.8, 4) is 5.75 Å². The highest BCUT2D eigenvalue weighted by atomic mass is 127. The number of carbonyl (C=O) groups excluding carboxylic acids is 1. The van der Waals surface area contributed by atoms with Crippen molar-refractivity contribution in [2.75, 3.05) is 33.7 Å². The first kappa shape index (κ1) is 19.4. The highest BCUT2D eigenvalue weighted by Gasteiger charge is 2.19. The minimum atomic E-state index is -0.585. The van der Waals surface area contributed by atoms with Gasteiger partial charge in [0.05, 0.1) is 39.2 Å². The van der Waals surface area contributed by atoms with Crippen LogP contribution >= 0.6 is 0 Å². The molecule has 1 heterocycles. The molecule has 0 spiro atoms. The number of hydrogen-bond donors (Lipinski definition) is 3. The molecule has 0 bridgehead atoms. The smallest absolute Gasteiger partial charge is 0.265 e. The number of nitrogens with zero attached hydrogens (tertiary/aromatic N) is 1. The molecule has 0 saturated heterocycles. The second kappa shape index (κ2) is 7.78. The quantitative estimate of drug-likeness (QED) is 0.381. The third kappa shape index (κ3) is 4.44. The molecule has 0 unspecified atom stereocenters. The molecule has 0 aliphatic heterocycles. The average Bonchev–Trinajstić information content (AvgIpc) is 2.47. The number of rotatable bonds is 5. The first-order chi connectivity index (χ1) is 10.4. The summed E-state index contributed by atoms with van der Waals surface area (Å²) in [7, 11) is 4.12. The molecule has 1 aromatic carbocycles. The lowest BCUT2D eigenvalue weighted by atomic mass is 10.1. The van der Waals surface area contributed by atoms with Gasteiger partial charge in [0.15, 0.2) is 0 Å². The first-order valence-electron chi connectivity index (χ1n) is 7.30. The minimum absolute atomic E-state index is 0. The van der Waals surface area contributed by atoms with E-state index in [0.717, 1.165) is 17.6 Å². The van der Waals surface area contributed by atoms with E-state index < -0.39 is 11.5 Å². The number of hydrogen-bond acceptors (Lipinski definition) is 3. The van der Waals surface area contributed by atoms with Crippen molar-refractivity contribution in [2.45, 2.75) is 6.92 Å². The molecule has 1 aromatic heterocycles. The normalized spacial score (nSPS) is 11.1. The fourth-order valence-electron chi connectivity index (χ4n) is 2.15. The van der Waals surface area contributed by atoms with Crippen LogP contribution in [0.1, 0.15) is 17.3 Å². The number of amides is 1. The number of aromatic nitrogens is 1. The van der Waals surface area contributed by atoms with Gasteiger partial charge < -0.3 is 43.9 Å². The maximum atomic E-state index is 12.2. The number of para-hydroxylation sites is 1. The Bertz CT molecular complexity index is 756. The highest BCUT2D eigenvalue weighted by Crippen LogP contribution is 2.24. The molecule has 0 aliphatic carbocycles. The Kier molecular flexibility index (Phi) is 6.57. The lowest BCUT2D eigenvalue weighted by molar-refractivity contribution is -0.887. The monoisotopic (exact) mass is 431 g/mol. The van der Waals surface area contributed by atoms with Gasteiger partial charge in [-0.1, -0.05) is 12.1 Å². The van der Waals surface area contributed by atoms with E-state index in [1.165, 1.54) is 0 Å². The Morgan fingerprint density at radius 3 is 2.61 bits per heavy atom. The number of aromatic hydroxyl groups is 1. The average molecular weight is 431 g/mol. The largest absolute Gasteiger partial charge is 1.00 e. The van der Waals surface area contributed by atoms with E-state index in [4.69, 9.17) is 0 Å². The lowest BCUT2D eigenvalue weighted by Crippen LogP contribution is -3.00. The molecule has 1 amide bonds. The number of H-pyrrole nitrogens is 1. The molecule has 0 aliphatic rings. The second-order valence-electron chi connectivity index (χ2n) is 5.95. The third-order valence-corrected chi connectivity index (χ3v) is 3.98. The van der Waals surface area contributed by atoms with Gasteiger partial charge in [0, 0.05) is 5.39 Å². The van der Waals surface area contributed by atoms with Gasteiger partial charge >= 0.3 is 0 Å². The van der Waals surface area contributed by atoms with Crippen LogP contribution < -0.4 is 34.9 Å². The molecular formula is C16H22IN3O3. The van der Waals surface area contributed by atoms with Crippen LogP contribution in [0.15, 0.2) is 29.1 Å². The number of aromatic amines is 1. The molecule has 126 valence electrons. The highest BCUT2D eigenvalue weighted by molar-refractivity contribution is 6.01. The van der Waals surface area contributed by atoms with Crippen LogP contribution in [0.3, 0.4) is 0 Å². The summed E-state index contributed by atoms with van der Waals surface area (Å²) in [6.45, 7) is 4.19. The lowest BCUT2D eigenvalue weighted by Gasteiger charge is -2.28. The van der Waals surface area contributed by atoms with Gasteiger partial charge in [-0.15, -0.1) is 0 Å². The summed E-state index contributed by atoms with van der Waals surface area (Å²) in [5, 5.41) is 13.4. The van der Waals surface area contributed by atoms with Crippen molar-refractivity contribution >= 4 is 16.8 Å². The van der Waals surface area contributed by atoms with Crippen LogP contribution in [-0.2, 0) is 0 Å². The first-order valence-corrected chi connectivity index (χ1v) is 7.30. The maximum Gasteiger partial charge on any atom is 0.265 e. The summed E-state index contributed by atoms with van der Waals surface area (Å²) in [6, 6.07) is 6.83. The van der Waals surface area contributed by atoms with Gasteiger partial charge in [0.1, 0.15) is 11.3 Å². The van der Waals surface area contributed by atoms with Crippen molar-refractivity contribution in [1.82, 2.24) is 10.3 Å². The van der Waals surface area contributed by atoms with Crippen molar-refractivity contribution in [2.24, 2.45) is 0 Å². The maximum absolute atomic E-state index is 12.2. The van der Waals surface area contributed by atoms with Crippen LogP contribution in [0.5, 0.6) is 5.75 Å². The molecular weight excluding hydrogens is 409 g/mol. The molecule has 6 nitrogen and oxygen atoms in total. The van der Waals surface area contributed by atoms with E-state index in [-0.39, 0.29) is 35.3 Å². The molecule has 23 heavy (non-hydrogen) atoms. The van der Waals surface area contributed by atoms with Gasteiger partial charge in [-0.3, -0.25) is 9.59 Å². The van der Waals surface area contributed by atoms with E-state index >= 15 is 0 Å². The van der Waals surface area contributed by atoms with Gasteiger partial charge in [-0.25, -0.2) is 0 Å². The van der Waals surface area contributed by atoms with E-state index in [0.29, 0.717) is 17.4 Å². The Labute approximate surface area is 152 Å². The number of fused-ring (bicyclic) bond motifs is 1. The third-order valence-electron chi connectivity index (χ3n) is 3.98. The molecule has 7 heteroatoms. The standard InChI is InChI=1S/C16H21N3O3.HI/c1-4-19(2,3)10-9-17-15(21)13-14(20)11-7-5-6-8-12(11)18-16(13)22;/h5-8H,4,9-10H2,1-3H3,(H2-,17,18,20,21,22);1H. The molecule has 2 rings (SSSR count). The zero-order chi connectivity index (χ0) is 16.3. The fraction of sp³-hybridized carbons (Fsp3) is 0.375. The molecule has 3 N–H and O–H groups in total. The van der Waals surface area contributed by atoms with E-state index in [1.54, 1.807) is 24.3 Å². The van der Waals surface area contributed by atoms with Crippen molar-refractivity contribution in [3.05, 3.63) is 40.2 Å². The number of quaternary nitrogens is 1. The molecule has 0 saturated carbocycles. The second-order valence-corrected chi connectivity index (χ2v) is 5.95. The van der Waals surface area contributed by atoms with Gasteiger partial charge in [0.2, 0.25) is 0 Å². The molecule has 2 aromatic rings. The van der Waals surface area contributed by atoms with E-state index in [2.05, 4.69) is 31.3 Å². The predicted molar refractivity (Wildman–Crippen MR) is 86.1 cm³/mol. The topological polar surface area (TPSA) is 82.2 Å². The van der Waals surface area contributed by atoms with Crippen molar-refractivity contribution < 1.29 is 38.4 Å². The van der Waals surface area contributed by atoms with Gasteiger partial charge in [-0.05, 0) is 19.1 Å². The number of halogens is 1. The van der Waals surface area contributed by atoms with Crippen LogP contribution in [0.2, 0.25) is 0 Å². The van der Waals surface area contributed by atoms with E-state index in [1.807, 2.05) is 0 Å². The summed E-state index contributed by atoms with van der Waals surface area (Å²) >= 11 is 0. The number of benzene rings is 1. The predicted octanol–water partition coefficient (Wildman–Crippen LogP) is -1.94. The summed E-state index contributed by atoms with van der Waals surface area (Å²) in [5.74, 6) is -0.832. The summed E-state index contributed by atoms with van der Waals surface area (Å²) < 4.78 is 0.764. The summed E-state index contributed by atoms with van der Waals surface area (Å²) in [6.07, 6.45) is 0. The number of pyridine rings is 1. The SMILES string of the molecule is CC[N+](C)(C)CCNC(=O)c1c(O)c2ccccc2[nH]c1=O.[I-]. The molecule has 0 radical (unpaired) electrons. The van der Waals surface area contributed by atoms with Crippen LogP contribution in [0.4, 0.5) is 0 Å². The van der Waals surface area contributed by atoms with Crippen LogP contribution in [-0.4, -0.2) is 54.2 Å². The molecule has 0 atom stereocenters. The van der Waals surface area contributed by atoms with Crippen LogP contribution in [0.25, 0.3) is 10.9 Å². The Balaban J connectivity index is 0.00000264. The van der Waals surface area contributed by atoms with Crippen molar-refractivity contribution in [1.29, 1.82) is 0 Å². The number of carbonyl (C=O) groups is 1. The van der Waals surface area contributed by atoms with Gasteiger partial charge in [-0.2, -0.15) is 0 Å². The molecule has 0 fully saturated rings. The van der Waals surface area contributed by atoms with E-state index in [9.17, 15) is 14.7 Å². The Morgan fingerprint density at radius 2 is 1.96 bits per heavy atom. The zero-order valence-electron chi connectivity index (χ0n) is 13.5.